The molecular formula is C18H23BrN4O2. The molecule has 0 saturated carbocycles. The Kier molecular flexibility index (Phi) is 5.75. The molecule has 6 nitrogen and oxygen atoms in total. The van der Waals surface area contributed by atoms with Crippen molar-refractivity contribution in [2.75, 3.05) is 29.9 Å². The molecule has 0 unspecified atom stereocenters. The third kappa shape index (κ3) is 4.22. The minimum absolute atomic E-state index is 0.161. The molecule has 3 rings (SSSR count). The molecule has 2 N–H and O–H groups in total. The van der Waals surface area contributed by atoms with Crippen molar-refractivity contribution in [1.29, 1.82) is 0 Å². The second kappa shape index (κ2) is 8.01. The number of aryl methyl sites for hydroxylation is 1. The average Bonchev–Trinajstić information content (AvgIpc) is 2.66. The maximum atomic E-state index is 11.9. The van der Waals surface area contributed by atoms with E-state index in [1.54, 1.807) is 13.2 Å². The van der Waals surface area contributed by atoms with E-state index in [-0.39, 0.29) is 5.56 Å². The van der Waals surface area contributed by atoms with Crippen molar-refractivity contribution in [1.82, 2.24) is 9.78 Å². The first-order chi connectivity index (χ1) is 12.1. The zero-order chi connectivity index (χ0) is 17.8. The van der Waals surface area contributed by atoms with Crippen LogP contribution >= 0.6 is 15.9 Å². The van der Waals surface area contributed by atoms with Crippen LogP contribution in [0.5, 0.6) is 0 Å². The highest BCUT2D eigenvalue weighted by Gasteiger charge is 2.18. The van der Waals surface area contributed by atoms with Crippen LogP contribution in [-0.4, -0.2) is 34.6 Å². The number of nitrogens with one attached hydrogen (secondary N) is 1. The van der Waals surface area contributed by atoms with E-state index in [1.165, 1.54) is 10.4 Å². The summed E-state index contributed by atoms with van der Waals surface area (Å²) in [7, 11) is 1.62. The van der Waals surface area contributed by atoms with E-state index >= 15 is 0 Å². The minimum Gasteiger partial charge on any atom is -0.396 e. The van der Waals surface area contributed by atoms with Crippen LogP contribution in [-0.2, 0) is 13.6 Å². The van der Waals surface area contributed by atoms with Crippen LogP contribution in [0.25, 0.3) is 0 Å². The number of piperidine rings is 1. The molecule has 1 saturated heterocycles. The van der Waals surface area contributed by atoms with Gasteiger partial charge in [0.15, 0.2) is 0 Å². The molecule has 1 fully saturated rings. The Hall–Kier alpha value is -1.86. The lowest BCUT2D eigenvalue weighted by molar-refractivity contribution is 0.203. The highest BCUT2D eigenvalue weighted by Crippen LogP contribution is 2.24. The summed E-state index contributed by atoms with van der Waals surface area (Å²) in [6.45, 7) is 2.91. The second-order valence-corrected chi connectivity index (χ2v) is 7.23. The van der Waals surface area contributed by atoms with Crippen LogP contribution < -0.4 is 15.8 Å². The van der Waals surface area contributed by atoms with E-state index in [2.05, 4.69) is 55.5 Å². The SMILES string of the molecule is Cn1ncc(NCc2ccc(N3CCC(CO)CC3)cc2)c(Br)c1=O. The van der Waals surface area contributed by atoms with Gasteiger partial charge in [0.25, 0.3) is 5.56 Å². The normalized spacial score (nSPS) is 15.4. The largest absolute Gasteiger partial charge is 0.396 e. The molecule has 0 atom stereocenters. The lowest BCUT2D eigenvalue weighted by atomic mass is 9.97. The Bertz CT molecular complexity index is 768. The maximum Gasteiger partial charge on any atom is 0.282 e. The smallest absolute Gasteiger partial charge is 0.282 e. The minimum atomic E-state index is -0.161. The summed E-state index contributed by atoms with van der Waals surface area (Å²) in [6.07, 6.45) is 3.73. The summed E-state index contributed by atoms with van der Waals surface area (Å²) in [5.74, 6) is 0.449. The summed E-state index contributed by atoms with van der Waals surface area (Å²) >= 11 is 3.32. The summed E-state index contributed by atoms with van der Waals surface area (Å²) < 4.78 is 1.79. The molecule has 0 bridgehead atoms. The van der Waals surface area contributed by atoms with Gasteiger partial charge in [0.2, 0.25) is 0 Å². The van der Waals surface area contributed by atoms with Crippen LogP contribution in [0.1, 0.15) is 18.4 Å². The van der Waals surface area contributed by atoms with E-state index < -0.39 is 0 Å². The predicted octanol–water partition coefficient (Wildman–Crippen LogP) is 2.36. The van der Waals surface area contributed by atoms with Crippen LogP contribution in [0.15, 0.2) is 39.7 Å². The molecule has 2 aromatic rings. The number of aliphatic hydroxyl groups is 1. The number of hydrogen-bond acceptors (Lipinski definition) is 5. The zero-order valence-corrected chi connectivity index (χ0v) is 15.9. The van der Waals surface area contributed by atoms with Gasteiger partial charge in [-0.15, -0.1) is 0 Å². The predicted molar refractivity (Wildman–Crippen MR) is 103 cm³/mol. The zero-order valence-electron chi connectivity index (χ0n) is 14.3. The average molecular weight is 407 g/mol. The highest BCUT2D eigenvalue weighted by molar-refractivity contribution is 9.10. The molecule has 1 aliphatic heterocycles. The molecule has 1 aromatic carbocycles. The fourth-order valence-electron chi connectivity index (χ4n) is 3.03. The second-order valence-electron chi connectivity index (χ2n) is 6.43. The van der Waals surface area contributed by atoms with E-state index in [0.29, 0.717) is 29.2 Å². The Balaban J connectivity index is 1.60. The Morgan fingerprint density at radius 2 is 1.96 bits per heavy atom. The molecule has 1 aromatic heterocycles. The van der Waals surface area contributed by atoms with Gasteiger partial charge in [-0.25, -0.2) is 4.68 Å². The number of anilines is 2. The summed E-state index contributed by atoms with van der Waals surface area (Å²) in [4.78, 5) is 14.2. The van der Waals surface area contributed by atoms with Crippen molar-refractivity contribution in [3.8, 4) is 0 Å². The van der Waals surface area contributed by atoms with Crippen LogP contribution in [0, 0.1) is 5.92 Å². The van der Waals surface area contributed by atoms with Gasteiger partial charge in [-0.2, -0.15) is 5.10 Å². The van der Waals surface area contributed by atoms with Gasteiger partial charge >= 0.3 is 0 Å². The maximum absolute atomic E-state index is 11.9. The fraction of sp³-hybridized carbons (Fsp3) is 0.444. The molecular weight excluding hydrogens is 384 g/mol. The van der Waals surface area contributed by atoms with Gasteiger partial charge in [0.05, 0.1) is 11.9 Å². The van der Waals surface area contributed by atoms with E-state index in [1.807, 2.05) is 0 Å². The number of nitrogens with zero attached hydrogens (tertiary/aromatic N) is 3. The number of halogens is 1. The molecule has 2 heterocycles. The molecule has 0 radical (unpaired) electrons. The first kappa shape index (κ1) is 17.9. The van der Waals surface area contributed by atoms with Gasteiger partial charge < -0.3 is 15.3 Å². The fourth-order valence-corrected chi connectivity index (χ4v) is 3.53. The van der Waals surface area contributed by atoms with Gasteiger partial charge in [0, 0.05) is 39.0 Å². The summed E-state index contributed by atoms with van der Waals surface area (Å²) in [5, 5.41) is 16.5. The van der Waals surface area contributed by atoms with E-state index in [0.717, 1.165) is 31.5 Å². The van der Waals surface area contributed by atoms with Crippen LogP contribution in [0.4, 0.5) is 11.4 Å². The van der Waals surface area contributed by atoms with Crippen molar-refractivity contribution in [3.63, 3.8) is 0 Å². The highest BCUT2D eigenvalue weighted by atomic mass is 79.9. The van der Waals surface area contributed by atoms with Gasteiger partial charge in [-0.05, 0) is 52.4 Å². The van der Waals surface area contributed by atoms with E-state index in [9.17, 15) is 9.90 Å². The van der Waals surface area contributed by atoms with Crippen molar-refractivity contribution >= 4 is 27.3 Å². The quantitative estimate of drug-likeness (QED) is 0.797. The third-order valence-electron chi connectivity index (χ3n) is 4.74. The van der Waals surface area contributed by atoms with Crippen molar-refractivity contribution < 1.29 is 5.11 Å². The molecule has 7 heteroatoms. The van der Waals surface area contributed by atoms with Crippen molar-refractivity contribution in [2.24, 2.45) is 13.0 Å². The Morgan fingerprint density at radius 3 is 2.60 bits per heavy atom. The van der Waals surface area contributed by atoms with E-state index in [4.69, 9.17) is 0 Å². The summed E-state index contributed by atoms with van der Waals surface area (Å²) in [5.41, 5.74) is 2.89. The topological polar surface area (TPSA) is 70.4 Å². The third-order valence-corrected chi connectivity index (χ3v) is 5.50. The molecule has 25 heavy (non-hydrogen) atoms. The van der Waals surface area contributed by atoms with Gasteiger partial charge in [-0.3, -0.25) is 4.79 Å². The monoisotopic (exact) mass is 406 g/mol. The number of aromatic nitrogens is 2. The van der Waals surface area contributed by atoms with Crippen molar-refractivity contribution in [2.45, 2.75) is 19.4 Å². The van der Waals surface area contributed by atoms with Crippen LogP contribution in [0.3, 0.4) is 0 Å². The number of aliphatic hydroxyl groups excluding tert-OH is 1. The lowest BCUT2D eigenvalue weighted by Gasteiger charge is -2.33. The molecule has 0 aliphatic carbocycles. The first-order valence-corrected chi connectivity index (χ1v) is 9.28. The van der Waals surface area contributed by atoms with Gasteiger partial charge in [-0.1, -0.05) is 12.1 Å². The first-order valence-electron chi connectivity index (χ1n) is 8.49. The number of hydrogen-bond donors (Lipinski definition) is 2. The summed E-state index contributed by atoms with van der Waals surface area (Å²) in [6, 6.07) is 8.47. The van der Waals surface area contributed by atoms with Crippen molar-refractivity contribution in [3.05, 3.63) is 50.9 Å². The lowest BCUT2D eigenvalue weighted by Crippen LogP contribution is -2.34. The molecule has 1 aliphatic rings. The standard InChI is InChI=1S/C18H23BrN4O2/c1-22-18(25)17(19)16(11-21-22)20-10-13-2-4-15(5-3-13)23-8-6-14(12-24)7-9-23/h2-5,11,14,20,24H,6-10,12H2,1H3. The molecule has 134 valence electrons. The van der Waals surface area contributed by atoms with Crippen LogP contribution in [0.2, 0.25) is 0 Å². The number of rotatable bonds is 5. The van der Waals surface area contributed by atoms with Gasteiger partial charge in [0.1, 0.15) is 4.47 Å². The Morgan fingerprint density at radius 1 is 1.28 bits per heavy atom. The number of benzene rings is 1. The molecule has 0 spiro atoms. The Labute approximate surface area is 155 Å². The molecule has 0 amide bonds.